The van der Waals surface area contributed by atoms with E-state index in [0.717, 1.165) is 65.7 Å². The Bertz CT molecular complexity index is 2720. The molecule has 2 bridgehead atoms. The highest BCUT2D eigenvalue weighted by Gasteiger charge is 2.43. The van der Waals surface area contributed by atoms with Gasteiger partial charge in [-0.15, -0.1) is 0 Å². The monoisotopic (exact) mass is 919 g/mol. The van der Waals surface area contributed by atoms with Crippen molar-refractivity contribution in [3.63, 3.8) is 0 Å². The molecule has 6 atom stereocenters. The number of carbonyl (C=O) groups is 4. The second kappa shape index (κ2) is 17.8. The molecule has 2 unspecified atom stereocenters. The third-order valence-corrected chi connectivity index (χ3v) is 15.4. The number of carbonyl (C=O) groups excluding carboxylic acids is 4. The van der Waals surface area contributed by atoms with Gasteiger partial charge in [-0.3, -0.25) is 19.3 Å². The highest BCUT2D eigenvalue weighted by molar-refractivity contribution is 7.90. The molecule has 2 aliphatic carbocycles. The standard InChI is InChI=1S/C48H57N9O8S/c1-25(2)40(53-47(60)64-5)45(58)56-19-7-9-35(56)43-50-24-34(52-43)27-11-13-28(14-12-27)42-39-31-16-15-30(21-31)38(39)32(23-49-42)29-17-18-33-37(22-29)66(62,63)55-44(51-33)36-10-8-20-57(36)46(59)41(26(3)4)54-48(61)65-6/h11-14,17-18,22-26,30-31,35-36,40-41H,7-10,15-16,19-21H2,1-6H3,(H,50,52)(H,51,55)(H,53,60)(H,54,61)/t30?,31?,35-,36-,40-,41-/m0/s1. The van der Waals surface area contributed by atoms with Gasteiger partial charge < -0.3 is 34.9 Å². The first-order valence-electron chi connectivity index (χ1n) is 22.9. The molecule has 4 N–H and O–H groups in total. The lowest BCUT2D eigenvalue weighted by molar-refractivity contribution is -0.135. The van der Waals surface area contributed by atoms with Crippen LogP contribution in [0.2, 0.25) is 0 Å². The van der Waals surface area contributed by atoms with Gasteiger partial charge in [0.2, 0.25) is 11.8 Å². The second-order valence-electron chi connectivity index (χ2n) is 18.7. The van der Waals surface area contributed by atoms with E-state index in [1.165, 1.54) is 25.3 Å². The molecule has 2 aromatic carbocycles. The molecule has 66 heavy (non-hydrogen) atoms. The number of imidazole rings is 1. The van der Waals surface area contributed by atoms with Crippen LogP contribution in [-0.4, -0.2) is 108 Å². The van der Waals surface area contributed by atoms with E-state index in [9.17, 15) is 27.6 Å². The maximum absolute atomic E-state index is 14.0. The lowest BCUT2D eigenvalue weighted by Crippen LogP contribution is -2.56. The number of pyridine rings is 1. The summed E-state index contributed by atoms with van der Waals surface area (Å²) in [4.78, 5) is 73.1. The number of benzene rings is 2. The number of sulfonamides is 1. The molecule has 4 aromatic rings. The fourth-order valence-electron chi connectivity index (χ4n) is 10.7. The molecule has 2 aromatic heterocycles. The first-order valence-corrected chi connectivity index (χ1v) is 24.4. The first kappa shape index (κ1) is 44.9. The van der Waals surface area contributed by atoms with Crippen LogP contribution in [0.4, 0.5) is 15.3 Å². The number of aromatic nitrogens is 3. The molecule has 0 radical (unpaired) electrons. The molecule has 5 heterocycles. The number of ether oxygens (including phenoxy) is 2. The van der Waals surface area contributed by atoms with Crippen LogP contribution in [0.3, 0.4) is 0 Å². The SMILES string of the molecule is COC(=O)N[C@H](C(=O)N1CCC[C@H]1C1=Nc2ccc(-c3cnc(-c4ccc(-c5cnc([C@@H]6CCCN6C(=O)[C@@H](NC(=O)OC)C(C)C)[nH]5)cc4)c4c3C3CCC4C3)cc2S(=O)(=O)N1)C(C)C. The molecule has 2 saturated heterocycles. The van der Waals surface area contributed by atoms with Crippen molar-refractivity contribution < 1.29 is 37.1 Å². The number of nitrogens with zero attached hydrogens (tertiary/aromatic N) is 5. The Balaban J connectivity index is 0.960. The number of amidine groups is 1. The van der Waals surface area contributed by atoms with Gasteiger partial charge in [0.25, 0.3) is 10.0 Å². The smallest absolute Gasteiger partial charge is 0.407 e. The van der Waals surface area contributed by atoms with Crippen LogP contribution >= 0.6 is 0 Å². The van der Waals surface area contributed by atoms with Crippen LogP contribution in [0.25, 0.3) is 33.6 Å². The van der Waals surface area contributed by atoms with Crippen LogP contribution in [0.5, 0.6) is 0 Å². The number of rotatable bonds is 11. The molecular formula is C48H57N9O8S. The van der Waals surface area contributed by atoms with E-state index in [2.05, 4.69) is 32.5 Å². The number of hydrogen-bond donors (Lipinski definition) is 4. The third kappa shape index (κ3) is 8.17. The lowest BCUT2D eigenvalue weighted by Gasteiger charge is -2.32. The van der Waals surface area contributed by atoms with Crippen molar-refractivity contribution in [2.75, 3.05) is 27.3 Å². The zero-order valence-electron chi connectivity index (χ0n) is 38.1. The van der Waals surface area contributed by atoms with Crippen LogP contribution in [0.1, 0.15) is 107 Å². The maximum Gasteiger partial charge on any atom is 0.407 e. The minimum atomic E-state index is -4.06. The van der Waals surface area contributed by atoms with Gasteiger partial charge in [-0.25, -0.2) is 28.0 Å². The number of alkyl carbamates (subject to hydrolysis) is 2. The Hall–Kier alpha value is -6.30. The fourth-order valence-corrected chi connectivity index (χ4v) is 11.9. The van der Waals surface area contributed by atoms with Gasteiger partial charge in [-0.05, 0) is 103 Å². The molecule has 18 heteroatoms. The molecule has 3 aliphatic heterocycles. The summed E-state index contributed by atoms with van der Waals surface area (Å²) in [7, 11) is -1.54. The number of H-pyrrole nitrogens is 1. The van der Waals surface area contributed by atoms with E-state index in [-0.39, 0.29) is 40.4 Å². The number of fused-ring (bicyclic) bond motifs is 6. The number of aromatic amines is 1. The Kier molecular flexibility index (Phi) is 12.1. The first-order chi connectivity index (χ1) is 31.7. The highest BCUT2D eigenvalue weighted by Crippen LogP contribution is 2.58. The Morgan fingerprint density at radius 3 is 1.92 bits per heavy atom. The Morgan fingerprint density at radius 1 is 0.727 bits per heavy atom. The summed E-state index contributed by atoms with van der Waals surface area (Å²) in [6, 6.07) is 11.2. The van der Waals surface area contributed by atoms with E-state index in [1.807, 2.05) is 52.1 Å². The van der Waals surface area contributed by atoms with Crippen molar-refractivity contribution in [1.29, 1.82) is 0 Å². The predicted octanol–water partition coefficient (Wildman–Crippen LogP) is 6.91. The summed E-state index contributed by atoms with van der Waals surface area (Å²) in [5, 5.41) is 5.33. The molecule has 5 aliphatic rings. The number of hydrogen-bond acceptors (Lipinski definition) is 11. The molecule has 17 nitrogen and oxygen atoms in total. The summed E-state index contributed by atoms with van der Waals surface area (Å²) >= 11 is 0. The third-order valence-electron chi connectivity index (χ3n) is 14.0. The summed E-state index contributed by atoms with van der Waals surface area (Å²) in [5.74, 6) is 0.725. The average molecular weight is 920 g/mol. The summed E-state index contributed by atoms with van der Waals surface area (Å²) in [6.45, 7) is 8.41. The summed E-state index contributed by atoms with van der Waals surface area (Å²) in [6.07, 6.45) is 8.21. The van der Waals surface area contributed by atoms with Crippen molar-refractivity contribution in [1.82, 2.24) is 40.1 Å². The minimum absolute atomic E-state index is 0.0631. The van der Waals surface area contributed by atoms with Crippen molar-refractivity contribution in [3.8, 4) is 33.6 Å². The molecule has 9 rings (SSSR count). The largest absolute Gasteiger partial charge is 0.453 e. The summed E-state index contributed by atoms with van der Waals surface area (Å²) < 4.78 is 40.3. The van der Waals surface area contributed by atoms with Crippen LogP contribution < -0.4 is 15.4 Å². The van der Waals surface area contributed by atoms with Crippen LogP contribution in [-0.2, 0) is 29.1 Å². The van der Waals surface area contributed by atoms with Crippen LogP contribution in [0, 0.1) is 11.8 Å². The van der Waals surface area contributed by atoms with Gasteiger partial charge in [0, 0.05) is 30.4 Å². The van der Waals surface area contributed by atoms with Crippen molar-refractivity contribution >= 4 is 45.5 Å². The van der Waals surface area contributed by atoms with Gasteiger partial charge in [-0.2, -0.15) is 0 Å². The van der Waals surface area contributed by atoms with Gasteiger partial charge >= 0.3 is 12.2 Å². The highest BCUT2D eigenvalue weighted by atomic mass is 32.2. The molecule has 4 amide bonds. The van der Waals surface area contributed by atoms with Gasteiger partial charge in [0.05, 0.1) is 49.6 Å². The lowest BCUT2D eigenvalue weighted by atomic mass is 9.84. The second-order valence-corrected chi connectivity index (χ2v) is 20.3. The number of methoxy groups -OCH3 is 2. The molecule has 0 spiro atoms. The Labute approximate surface area is 384 Å². The summed E-state index contributed by atoms with van der Waals surface area (Å²) in [5.41, 5.74) is 8.09. The van der Waals surface area contributed by atoms with E-state index in [1.54, 1.807) is 28.1 Å². The zero-order valence-corrected chi connectivity index (χ0v) is 38.9. The number of likely N-dealkylation sites (tertiary alicyclic amines) is 2. The van der Waals surface area contributed by atoms with Crippen molar-refractivity contribution in [2.45, 2.75) is 114 Å². The number of amides is 4. The molecule has 1 saturated carbocycles. The molecular weight excluding hydrogens is 863 g/mol. The predicted molar refractivity (Wildman–Crippen MR) is 246 cm³/mol. The Morgan fingerprint density at radius 2 is 1.30 bits per heavy atom. The van der Waals surface area contributed by atoms with E-state index in [0.29, 0.717) is 49.3 Å². The van der Waals surface area contributed by atoms with E-state index >= 15 is 0 Å². The van der Waals surface area contributed by atoms with E-state index in [4.69, 9.17) is 24.4 Å². The molecule has 348 valence electrons. The number of aliphatic imine (C=N–C) groups is 1. The quantitative estimate of drug-likeness (QED) is 0.122. The average Bonchev–Trinajstić information content (AvgIpc) is 4.18. The maximum atomic E-state index is 14.0. The van der Waals surface area contributed by atoms with Gasteiger partial charge in [0.1, 0.15) is 28.6 Å². The van der Waals surface area contributed by atoms with Crippen molar-refractivity contribution in [2.24, 2.45) is 16.8 Å². The van der Waals surface area contributed by atoms with Gasteiger partial charge in [-0.1, -0.05) is 58.0 Å². The van der Waals surface area contributed by atoms with Gasteiger partial charge in [0.15, 0.2) is 0 Å². The molecule has 3 fully saturated rings. The zero-order chi connectivity index (χ0) is 46.6. The van der Waals surface area contributed by atoms with E-state index < -0.39 is 40.3 Å². The topological polar surface area (TPSA) is 217 Å². The van der Waals surface area contributed by atoms with Crippen molar-refractivity contribution in [3.05, 3.63) is 71.8 Å². The van der Waals surface area contributed by atoms with Crippen LogP contribution in [0.15, 0.2) is 64.7 Å². The minimum Gasteiger partial charge on any atom is -0.453 e. The number of nitrogens with one attached hydrogen (secondary N) is 4. The normalized spacial score (nSPS) is 22.3. The fraction of sp³-hybridized carbons (Fsp3) is 0.479.